The number of nitrogens with one attached hydrogen (secondary N) is 5. The van der Waals surface area contributed by atoms with Crippen molar-refractivity contribution in [2.24, 2.45) is 5.92 Å². The summed E-state index contributed by atoms with van der Waals surface area (Å²) in [5.41, 5.74) is 7.03. The smallest absolute Gasteiger partial charge is 0.281 e. The predicted molar refractivity (Wildman–Crippen MR) is 148 cm³/mol. The summed E-state index contributed by atoms with van der Waals surface area (Å²) >= 11 is 7.18. The molecule has 0 aliphatic rings. The Hall–Kier alpha value is -4.15. The monoisotopic (exact) mass is 551 g/mol. The van der Waals surface area contributed by atoms with Crippen molar-refractivity contribution in [2.45, 2.75) is 26.3 Å². The van der Waals surface area contributed by atoms with E-state index in [1.807, 2.05) is 24.3 Å². The molecule has 1 atom stereocenters. The molecule has 5 N–H and O–H groups in total. The Kier molecular flexibility index (Phi) is 8.45. The van der Waals surface area contributed by atoms with Crippen LogP contribution in [0.2, 0.25) is 5.02 Å². The van der Waals surface area contributed by atoms with Crippen molar-refractivity contribution >= 4 is 63.2 Å². The van der Waals surface area contributed by atoms with Gasteiger partial charge in [-0.2, -0.15) is 0 Å². The molecule has 0 saturated carbocycles. The number of fused-ring (bicyclic) bond motifs is 1. The van der Waals surface area contributed by atoms with Crippen LogP contribution in [0, 0.1) is 5.92 Å². The molecule has 4 aromatic rings. The van der Waals surface area contributed by atoms with Gasteiger partial charge in [-0.3, -0.25) is 30.0 Å². The van der Waals surface area contributed by atoms with E-state index in [9.17, 15) is 19.2 Å². The number of rotatable bonds is 8. The van der Waals surface area contributed by atoms with Crippen molar-refractivity contribution in [3.8, 4) is 0 Å². The first-order chi connectivity index (χ1) is 18.2. The van der Waals surface area contributed by atoms with Crippen LogP contribution in [0.5, 0.6) is 0 Å². The highest BCUT2D eigenvalue weighted by Gasteiger charge is 2.26. The van der Waals surface area contributed by atoms with Gasteiger partial charge in [0.15, 0.2) is 0 Å². The highest BCUT2D eigenvalue weighted by Crippen LogP contribution is 2.24. The van der Waals surface area contributed by atoms with Crippen LogP contribution in [0.1, 0.15) is 39.4 Å². The van der Waals surface area contributed by atoms with Gasteiger partial charge in [-0.15, -0.1) is 11.3 Å². The number of para-hydroxylation sites is 1. The van der Waals surface area contributed by atoms with Gasteiger partial charge in [0.25, 0.3) is 17.7 Å². The van der Waals surface area contributed by atoms with Crippen molar-refractivity contribution in [3.05, 3.63) is 87.2 Å². The number of carbonyl (C=O) groups excluding carboxylic acids is 4. The Morgan fingerprint density at radius 3 is 2.45 bits per heavy atom. The molecule has 2 aromatic carbocycles. The van der Waals surface area contributed by atoms with E-state index in [2.05, 4.69) is 26.5 Å². The molecule has 38 heavy (non-hydrogen) atoms. The summed E-state index contributed by atoms with van der Waals surface area (Å²) in [5, 5.41) is 8.29. The number of amides is 4. The highest BCUT2D eigenvalue weighted by molar-refractivity contribution is 7.12. The quantitative estimate of drug-likeness (QED) is 0.209. The van der Waals surface area contributed by atoms with Crippen LogP contribution < -0.4 is 21.5 Å². The van der Waals surface area contributed by atoms with Crippen LogP contribution >= 0.6 is 22.9 Å². The summed E-state index contributed by atoms with van der Waals surface area (Å²) in [7, 11) is 0. The zero-order valence-electron chi connectivity index (χ0n) is 20.6. The van der Waals surface area contributed by atoms with E-state index in [-0.39, 0.29) is 39.4 Å². The van der Waals surface area contributed by atoms with Gasteiger partial charge in [0, 0.05) is 17.1 Å². The third-order valence-corrected chi connectivity index (χ3v) is 7.07. The first kappa shape index (κ1) is 26.9. The van der Waals surface area contributed by atoms with Crippen LogP contribution in [0.25, 0.3) is 10.9 Å². The highest BCUT2D eigenvalue weighted by atomic mass is 35.5. The summed E-state index contributed by atoms with van der Waals surface area (Å²) in [6.45, 7) is 3.58. The Labute approximate surface area is 227 Å². The number of benzene rings is 2. The lowest BCUT2D eigenvalue weighted by molar-refractivity contribution is -0.130. The van der Waals surface area contributed by atoms with E-state index < -0.39 is 23.8 Å². The molecule has 0 radical (unpaired) electrons. The minimum absolute atomic E-state index is 0.0938. The molecular weight excluding hydrogens is 526 g/mol. The van der Waals surface area contributed by atoms with Crippen molar-refractivity contribution in [1.82, 2.24) is 21.2 Å². The largest absolute Gasteiger partial charge is 0.361 e. The number of H-pyrrole nitrogens is 1. The number of hydrogen-bond acceptors (Lipinski definition) is 5. The van der Waals surface area contributed by atoms with Crippen molar-refractivity contribution in [2.75, 3.05) is 5.32 Å². The first-order valence-electron chi connectivity index (χ1n) is 11.8. The number of thiophene rings is 1. The fourth-order valence-corrected chi connectivity index (χ4v) is 4.85. The minimum atomic E-state index is -0.879. The topological polar surface area (TPSA) is 132 Å². The van der Waals surface area contributed by atoms with Crippen molar-refractivity contribution in [3.63, 3.8) is 0 Å². The van der Waals surface area contributed by atoms with Gasteiger partial charge in [0.1, 0.15) is 10.9 Å². The molecule has 2 heterocycles. The molecule has 196 valence electrons. The van der Waals surface area contributed by atoms with Gasteiger partial charge in [-0.05, 0) is 41.1 Å². The molecule has 11 heteroatoms. The molecule has 2 aromatic heterocycles. The molecule has 4 amide bonds. The van der Waals surface area contributed by atoms with Crippen LogP contribution in [0.15, 0.2) is 66.2 Å². The SMILES string of the molecule is CC(C)C(NC(=O)Cc1c[nH]c2ccccc12)C(=O)NNC(=O)c1sccc1NC(=O)c1ccccc1Cl. The zero-order chi connectivity index (χ0) is 27.2. The van der Waals surface area contributed by atoms with E-state index in [0.717, 1.165) is 27.8 Å². The molecular formula is C27H26ClN5O4S. The maximum absolute atomic E-state index is 12.9. The number of aromatic amines is 1. The molecule has 9 nitrogen and oxygen atoms in total. The van der Waals surface area contributed by atoms with E-state index in [1.165, 1.54) is 0 Å². The van der Waals surface area contributed by atoms with Crippen molar-refractivity contribution in [1.29, 1.82) is 0 Å². The number of hydrogen-bond donors (Lipinski definition) is 5. The van der Waals surface area contributed by atoms with E-state index in [1.54, 1.807) is 55.8 Å². The lowest BCUT2D eigenvalue weighted by Gasteiger charge is -2.22. The lowest BCUT2D eigenvalue weighted by Crippen LogP contribution is -2.54. The Morgan fingerprint density at radius 1 is 0.947 bits per heavy atom. The standard InChI is InChI=1S/C27H26ClN5O4S/c1-15(2)23(31-22(34)13-16-14-29-20-10-6-4-7-17(16)20)26(36)32-33-27(37)24-21(11-12-38-24)30-25(35)18-8-3-5-9-19(18)28/h3-12,14-15,23,29H,13H2,1-2H3,(H,30,35)(H,31,34)(H,32,36)(H,33,37). The zero-order valence-corrected chi connectivity index (χ0v) is 22.2. The maximum Gasteiger partial charge on any atom is 0.281 e. The molecule has 4 rings (SSSR count). The summed E-state index contributed by atoms with van der Waals surface area (Å²) < 4.78 is 0. The average molecular weight is 552 g/mol. The van der Waals surface area contributed by atoms with Gasteiger partial charge in [0.2, 0.25) is 5.91 Å². The van der Waals surface area contributed by atoms with Gasteiger partial charge in [0.05, 0.1) is 22.7 Å². The summed E-state index contributed by atoms with van der Waals surface area (Å²) in [6, 6.07) is 14.9. The van der Waals surface area contributed by atoms with Crippen molar-refractivity contribution < 1.29 is 19.2 Å². The third kappa shape index (κ3) is 6.21. The summed E-state index contributed by atoms with van der Waals surface area (Å²) in [6.07, 6.45) is 1.87. The van der Waals surface area contributed by atoms with E-state index in [4.69, 9.17) is 11.6 Å². The van der Waals surface area contributed by atoms with Gasteiger partial charge in [-0.25, -0.2) is 0 Å². The second-order valence-electron chi connectivity index (χ2n) is 8.87. The summed E-state index contributed by atoms with van der Waals surface area (Å²) in [4.78, 5) is 54.3. The second-order valence-corrected chi connectivity index (χ2v) is 10.2. The normalized spacial score (nSPS) is 11.7. The Balaban J connectivity index is 1.35. The molecule has 0 spiro atoms. The Morgan fingerprint density at radius 2 is 1.68 bits per heavy atom. The fourth-order valence-electron chi connectivity index (χ4n) is 3.88. The van der Waals surface area contributed by atoms with Crippen LogP contribution in [-0.4, -0.2) is 34.7 Å². The van der Waals surface area contributed by atoms with Gasteiger partial charge >= 0.3 is 0 Å². The van der Waals surface area contributed by atoms with E-state index >= 15 is 0 Å². The number of carbonyl (C=O) groups is 4. The molecule has 0 fully saturated rings. The number of hydrazine groups is 1. The molecule has 0 aliphatic carbocycles. The molecule has 0 saturated heterocycles. The van der Waals surface area contributed by atoms with Crippen LogP contribution in [0.3, 0.4) is 0 Å². The van der Waals surface area contributed by atoms with Crippen LogP contribution in [-0.2, 0) is 16.0 Å². The lowest BCUT2D eigenvalue weighted by atomic mass is 10.0. The first-order valence-corrected chi connectivity index (χ1v) is 13.1. The molecule has 0 bridgehead atoms. The van der Waals surface area contributed by atoms with Gasteiger partial charge in [-0.1, -0.05) is 55.8 Å². The molecule has 0 aliphatic heterocycles. The maximum atomic E-state index is 12.9. The number of anilines is 1. The second kappa shape index (κ2) is 11.9. The third-order valence-electron chi connectivity index (χ3n) is 5.83. The predicted octanol–water partition coefficient (Wildman–Crippen LogP) is 4.28. The number of aromatic nitrogens is 1. The van der Waals surface area contributed by atoms with Crippen LogP contribution in [0.4, 0.5) is 5.69 Å². The summed E-state index contributed by atoms with van der Waals surface area (Å²) in [5.74, 6) is -2.22. The minimum Gasteiger partial charge on any atom is -0.361 e. The average Bonchev–Trinajstić information content (AvgIpc) is 3.53. The Bertz CT molecular complexity index is 1500. The fraction of sp³-hybridized carbons (Fsp3) is 0.185. The number of halogens is 1. The van der Waals surface area contributed by atoms with E-state index in [0.29, 0.717) is 0 Å². The molecule has 1 unspecified atom stereocenters. The van der Waals surface area contributed by atoms with Gasteiger partial charge < -0.3 is 15.6 Å².